The molecule has 4 N–H and O–H groups in total. The van der Waals surface area contributed by atoms with Gasteiger partial charge in [-0.25, -0.2) is 4.79 Å². The molecule has 0 aliphatic rings. The van der Waals surface area contributed by atoms with Crippen molar-refractivity contribution in [1.82, 2.24) is 0 Å². The van der Waals surface area contributed by atoms with Crippen LogP contribution in [-0.4, -0.2) is 30.8 Å². The fraction of sp³-hybridized carbons (Fsp3) is 0.100. The van der Waals surface area contributed by atoms with E-state index in [4.69, 9.17) is 5.73 Å². The highest BCUT2D eigenvalue weighted by molar-refractivity contribution is 6.10. The van der Waals surface area contributed by atoms with Crippen molar-refractivity contribution in [2.24, 2.45) is 5.73 Å². The third-order valence-electron chi connectivity index (χ3n) is 3.71. The van der Waals surface area contributed by atoms with Gasteiger partial charge in [0.25, 0.3) is 5.91 Å². The number of rotatable bonds is 6. The summed E-state index contributed by atoms with van der Waals surface area (Å²) in [6.45, 7) is 1.49. The van der Waals surface area contributed by atoms with Crippen LogP contribution in [-0.2, 0) is 14.3 Å². The number of methoxy groups -OCH3 is 1. The Morgan fingerprint density at radius 2 is 1.36 bits per heavy atom. The Balaban J connectivity index is 1.97. The Bertz CT molecular complexity index is 931. The van der Waals surface area contributed by atoms with Crippen LogP contribution >= 0.6 is 0 Å². The van der Waals surface area contributed by atoms with Crippen molar-refractivity contribution in [3.8, 4) is 0 Å². The second-order valence-corrected chi connectivity index (χ2v) is 5.78. The maximum Gasteiger partial charge on any atom is 0.337 e. The first-order valence-electron chi connectivity index (χ1n) is 8.19. The molecule has 0 aliphatic heterocycles. The molecule has 28 heavy (non-hydrogen) atoms. The van der Waals surface area contributed by atoms with Gasteiger partial charge in [-0.3, -0.25) is 14.4 Å². The van der Waals surface area contributed by atoms with Gasteiger partial charge in [0.2, 0.25) is 11.8 Å². The van der Waals surface area contributed by atoms with Gasteiger partial charge in [-0.2, -0.15) is 0 Å². The Morgan fingerprint density at radius 1 is 0.857 bits per heavy atom. The number of benzene rings is 2. The molecule has 8 heteroatoms. The molecule has 0 atom stereocenters. The summed E-state index contributed by atoms with van der Waals surface area (Å²) in [5.41, 5.74) is 6.94. The minimum atomic E-state index is -0.565. The van der Waals surface area contributed by atoms with Crippen LogP contribution in [0.4, 0.5) is 11.4 Å². The average molecular weight is 381 g/mol. The molecule has 0 heterocycles. The molecule has 2 rings (SSSR count). The first-order chi connectivity index (χ1) is 13.3. The van der Waals surface area contributed by atoms with Gasteiger partial charge in [-0.05, 0) is 55.5 Å². The zero-order valence-electron chi connectivity index (χ0n) is 15.3. The van der Waals surface area contributed by atoms with Crippen molar-refractivity contribution in [1.29, 1.82) is 0 Å². The van der Waals surface area contributed by atoms with Crippen molar-refractivity contribution in [2.75, 3.05) is 17.7 Å². The quantitative estimate of drug-likeness (QED) is 0.521. The van der Waals surface area contributed by atoms with Crippen LogP contribution in [0.15, 0.2) is 60.2 Å². The van der Waals surface area contributed by atoms with E-state index < -0.39 is 23.7 Å². The van der Waals surface area contributed by atoms with Crippen LogP contribution in [0.5, 0.6) is 0 Å². The van der Waals surface area contributed by atoms with Crippen LogP contribution in [0.1, 0.15) is 27.6 Å². The molecule has 0 bridgehead atoms. The molecular formula is C20H19N3O5. The lowest BCUT2D eigenvalue weighted by molar-refractivity contribution is -0.114. The van der Waals surface area contributed by atoms with Crippen LogP contribution in [0, 0.1) is 0 Å². The minimum Gasteiger partial charge on any atom is -0.465 e. The number of nitrogens with one attached hydrogen (secondary N) is 2. The fourth-order valence-electron chi connectivity index (χ4n) is 2.20. The predicted octanol–water partition coefficient (Wildman–Crippen LogP) is 2.10. The molecule has 144 valence electrons. The van der Waals surface area contributed by atoms with E-state index in [1.807, 2.05) is 0 Å². The number of hydrogen-bond donors (Lipinski definition) is 3. The molecule has 0 saturated heterocycles. The molecular weight excluding hydrogens is 362 g/mol. The number of primary amides is 1. The van der Waals surface area contributed by atoms with Gasteiger partial charge in [0.15, 0.2) is 0 Å². The molecule has 0 aliphatic carbocycles. The lowest BCUT2D eigenvalue weighted by Gasteiger charge is -2.07. The molecule has 2 aromatic carbocycles. The monoisotopic (exact) mass is 381 g/mol. The normalized spacial score (nSPS) is 10.7. The third kappa shape index (κ3) is 5.53. The first kappa shape index (κ1) is 20.4. The predicted molar refractivity (Wildman–Crippen MR) is 104 cm³/mol. The molecule has 0 aromatic heterocycles. The molecule has 0 unspecified atom stereocenters. The summed E-state index contributed by atoms with van der Waals surface area (Å²) in [6.07, 6.45) is 1.15. The number of nitrogens with two attached hydrogens (primary N) is 1. The highest BCUT2D eigenvalue weighted by Gasteiger charge is 2.09. The summed E-state index contributed by atoms with van der Waals surface area (Å²) in [6, 6.07) is 12.2. The van der Waals surface area contributed by atoms with Crippen molar-refractivity contribution in [3.63, 3.8) is 0 Å². The summed E-state index contributed by atoms with van der Waals surface area (Å²) in [7, 11) is 1.28. The van der Waals surface area contributed by atoms with Crippen LogP contribution < -0.4 is 16.4 Å². The second kappa shape index (κ2) is 9.13. The van der Waals surface area contributed by atoms with Crippen molar-refractivity contribution in [2.45, 2.75) is 6.92 Å². The summed E-state index contributed by atoms with van der Waals surface area (Å²) in [5, 5.41) is 5.21. The van der Waals surface area contributed by atoms with Gasteiger partial charge in [-0.1, -0.05) is 0 Å². The summed E-state index contributed by atoms with van der Waals surface area (Å²) < 4.78 is 4.60. The Labute approximate surface area is 161 Å². The van der Waals surface area contributed by atoms with Gasteiger partial charge < -0.3 is 21.1 Å². The van der Waals surface area contributed by atoms with Crippen molar-refractivity contribution in [3.05, 3.63) is 71.3 Å². The smallest absolute Gasteiger partial charge is 0.337 e. The number of anilines is 2. The van der Waals surface area contributed by atoms with Gasteiger partial charge in [0, 0.05) is 28.6 Å². The highest BCUT2D eigenvalue weighted by atomic mass is 16.5. The number of carbonyl (C=O) groups is 4. The van der Waals surface area contributed by atoms with E-state index in [1.165, 1.54) is 50.4 Å². The molecule has 2 aromatic rings. The number of hydrogen-bond acceptors (Lipinski definition) is 5. The third-order valence-corrected chi connectivity index (χ3v) is 3.71. The topological polar surface area (TPSA) is 128 Å². The van der Waals surface area contributed by atoms with E-state index in [9.17, 15) is 19.2 Å². The van der Waals surface area contributed by atoms with E-state index in [0.717, 1.165) is 6.08 Å². The molecule has 0 fully saturated rings. The van der Waals surface area contributed by atoms with Gasteiger partial charge in [-0.15, -0.1) is 0 Å². The summed E-state index contributed by atoms with van der Waals surface area (Å²) in [5.74, 6) is -2.01. The van der Waals surface area contributed by atoms with Crippen molar-refractivity contribution < 1.29 is 23.9 Å². The van der Waals surface area contributed by atoms with Gasteiger partial charge in [0.05, 0.1) is 12.7 Å². The standard InChI is InChI=1S/C20H19N3O5/c1-12(11-17(24)22-15-7-3-13(4-8-15)18(21)25)19(26)23-16-9-5-14(6-10-16)20(27)28-2/h3-11H,1-2H3,(H2,21,25)(H,22,24)(H,23,26)/b12-11+. The number of carbonyl (C=O) groups excluding carboxylic acids is 4. The van der Waals surface area contributed by atoms with E-state index in [1.54, 1.807) is 12.1 Å². The fourth-order valence-corrected chi connectivity index (χ4v) is 2.20. The van der Waals surface area contributed by atoms with E-state index in [2.05, 4.69) is 15.4 Å². The van der Waals surface area contributed by atoms with E-state index >= 15 is 0 Å². The SMILES string of the molecule is COC(=O)c1ccc(NC(=O)/C(C)=C/C(=O)Nc2ccc(C(N)=O)cc2)cc1. The first-order valence-corrected chi connectivity index (χ1v) is 8.19. The highest BCUT2D eigenvalue weighted by Crippen LogP contribution is 2.12. The molecule has 3 amide bonds. The number of amides is 3. The molecule has 0 saturated carbocycles. The minimum absolute atomic E-state index is 0.184. The average Bonchev–Trinajstić information content (AvgIpc) is 2.68. The maximum absolute atomic E-state index is 12.2. The number of esters is 1. The molecule has 8 nitrogen and oxygen atoms in total. The number of ether oxygens (including phenoxy) is 1. The van der Waals surface area contributed by atoms with Gasteiger partial charge >= 0.3 is 5.97 Å². The summed E-state index contributed by atoms with van der Waals surface area (Å²) >= 11 is 0. The van der Waals surface area contributed by atoms with E-state index in [0.29, 0.717) is 22.5 Å². The van der Waals surface area contributed by atoms with E-state index in [-0.39, 0.29) is 5.57 Å². The Morgan fingerprint density at radius 3 is 1.86 bits per heavy atom. The Kier molecular flexibility index (Phi) is 6.64. The maximum atomic E-state index is 12.2. The largest absolute Gasteiger partial charge is 0.465 e. The van der Waals surface area contributed by atoms with Crippen molar-refractivity contribution >= 4 is 35.1 Å². The van der Waals surface area contributed by atoms with Crippen LogP contribution in [0.25, 0.3) is 0 Å². The lowest BCUT2D eigenvalue weighted by atomic mass is 10.2. The molecule has 0 spiro atoms. The van der Waals surface area contributed by atoms with Crippen LogP contribution in [0.2, 0.25) is 0 Å². The Hall–Kier alpha value is -3.94. The van der Waals surface area contributed by atoms with Crippen LogP contribution in [0.3, 0.4) is 0 Å². The second-order valence-electron chi connectivity index (χ2n) is 5.78. The van der Waals surface area contributed by atoms with Gasteiger partial charge in [0.1, 0.15) is 0 Å². The zero-order chi connectivity index (χ0) is 20.7. The summed E-state index contributed by atoms with van der Waals surface area (Å²) in [4.78, 5) is 46.7. The zero-order valence-corrected chi connectivity index (χ0v) is 15.3. The lowest BCUT2D eigenvalue weighted by Crippen LogP contribution is -2.16. The molecule has 0 radical (unpaired) electrons.